The fourth-order valence-corrected chi connectivity index (χ4v) is 1.69. The van der Waals surface area contributed by atoms with Gasteiger partial charge in [0.05, 0.1) is 6.54 Å². The van der Waals surface area contributed by atoms with Crippen LogP contribution in [0.5, 0.6) is 5.88 Å². The Morgan fingerprint density at radius 1 is 1.24 bits per heavy atom. The summed E-state index contributed by atoms with van der Waals surface area (Å²) in [6.07, 6.45) is -3.22. The zero-order valence-corrected chi connectivity index (χ0v) is 12.5. The summed E-state index contributed by atoms with van der Waals surface area (Å²) in [5, 5.41) is 0. The molecule has 0 unspecified atom stereocenters. The highest BCUT2D eigenvalue weighted by molar-refractivity contribution is 5.79. The summed E-state index contributed by atoms with van der Waals surface area (Å²) in [6, 6.07) is 2.17. The molecule has 1 aromatic rings. The van der Waals surface area contributed by atoms with E-state index in [4.69, 9.17) is 4.74 Å². The zero-order chi connectivity index (χ0) is 16.0. The summed E-state index contributed by atoms with van der Waals surface area (Å²) >= 11 is 0. The van der Waals surface area contributed by atoms with Crippen molar-refractivity contribution in [2.75, 3.05) is 41.3 Å². The van der Waals surface area contributed by atoms with Gasteiger partial charge in [0.15, 0.2) is 5.96 Å². The van der Waals surface area contributed by atoms with Crippen molar-refractivity contribution in [3.63, 3.8) is 0 Å². The van der Waals surface area contributed by atoms with E-state index in [-0.39, 0.29) is 13.2 Å². The third-order valence-electron chi connectivity index (χ3n) is 2.46. The van der Waals surface area contributed by atoms with E-state index >= 15 is 0 Å². The van der Waals surface area contributed by atoms with E-state index in [1.807, 2.05) is 38.0 Å². The molecule has 0 amide bonds. The van der Waals surface area contributed by atoms with Gasteiger partial charge >= 0.3 is 6.18 Å². The van der Waals surface area contributed by atoms with Gasteiger partial charge in [0, 0.05) is 34.4 Å². The number of rotatable bonds is 4. The number of hydrogen-bond acceptors (Lipinski definition) is 3. The van der Waals surface area contributed by atoms with E-state index in [1.165, 1.54) is 12.3 Å². The Morgan fingerprint density at radius 2 is 1.86 bits per heavy atom. The van der Waals surface area contributed by atoms with Crippen LogP contribution in [-0.2, 0) is 6.18 Å². The minimum atomic E-state index is -4.48. The standard InChI is InChI=1S/C13H19F3N4O/c1-19(2)12(20(3)4)18-8-9-21-11-10(13(14,15)16)6-5-7-17-11/h5-7H,8-9H2,1-4H3. The van der Waals surface area contributed by atoms with Crippen LogP contribution in [0.2, 0.25) is 0 Å². The lowest BCUT2D eigenvalue weighted by molar-refractivity contribution is -0.139. The molecule has 1 rings (SSSR count). The quantitative estimate of drug-likeness (QED) is 0.484. The average Bonchev–Trinajstić information content (AvgIpc) is 2.36. The summed E-state index contributed by atoms with van der Waals surface area (Å²) in [5.41, 5.74) is -0.880. The third-order valence-corrected chi connectivity index (χ3v) is 2.46. The lowest BCUT2D eigenvalue weighted by Crippen LogP contribution is -2.35. The fourth-order valence-electron chi connectivity index (χ4n) is 1.69. The van der Waals surface area contributed by atoms with Crippen molar-refractivity contribution >= 4 is 5.96 Å². The Bertz CT molecular complexity index is 477. The summed E-state index contributed by atoms with van der Waals surface area (Å²) in [6.45, 7) is 0.255. The topological polar surface area (TPSA) is 41.0 Å². The first kappa shape index (κ1) is 17.1. The van der Waals surface area contributed by atoms with Crippen LogP contribution in [0.25, 0.3) is 0 Å². The molecule has 0 saturated carbocycles. The van der Waals surface area contributed by atoms with Crippen LogP contribution >= 0.6 is 0 Å². The molecule has 118 valence electrons. The van der Waals surface area contributed by atoms with Gasteiger partial charge in [-0.15, -0.1) is 0 Å². The van der Waals surface area contributed by atoms with Crippen LogP contribution in [0.15, 0.2) is 23.3 Å². The molecule has 8 heteroatoms. The number of pyridine rings is 1. The number of aliphatic imine (C=N–C) groups is 1. The summed E-state index contributed by atoms with van der Waals surface area (Å²) < 4.78 is 43.3. The van der Waals surface area contributed by atoms with Crippen molar-refractivity contribution in [1.29, 1.82) is 0 Å². The molecule has 0 radical (unpaired) electrons. The van der Waals surface area contributed by atoms with E-state index < -0.39 is 17.6 Å². The van der Waals surface area contributed by atoms with Gasteiger partial charge in [-0.05, 0) is 12.1 Å². The largest absolute Gasteiger partial charge is 0.475 e. The summed E-state index contributed by atoms with van der Waals surface area (Å²) in [5.74, 6) is 0.284. The fraction of sp³-hybridized carbons (Fsp3) is 0.538. The maximum absolute atomic E-state index is 12.7. The Morgan fingerprint density at radius 3 is 2.38 bits per heavy atom. The molecule has 0 fully saturated rings. The molecule has 0 bridgehead atoms. The number of guanidine groups is 1. The van der Waals surface area contributed by atoms with Gasteiger partial charge in [-0.1, -0.05) is 0 Å². The number of alkyl halides is 3. The van der Waals surface area contributed by atoms with Crippen LogP contribution in [0.3, 0.4) is 0 Å². The monoisotopic (exact) mass is 304 g/mol. The van der Waals surface area contributed by atoms with Gasteiger partial charge in [0.2, 0.25) is 5.88 Å². The van der Waals surface area contributed by atoms with Gasteiger partial charge in [-0.3, -0.25) is 0 Å². The van der Waals surface area contributed by atoms with E-state index in [1.54, 1.807) is 0 Å². The molecule has 5 nitrogen and oxygen atoms in total. The molecule has 0 aliphatic heterocycles. The number of halogens is 3. The highest BCUT2D eigenvalue weighted by Crippen LogP contribution is 2.34. The Balaban J connectivity index is 2.67. The molecule has 0 N–H and O–H groups in total. The predicted octanol–water partition coefficient (Wildman–Crippen LogP) is 1.96. The van der Waals surface area contributed by atoms with E-state index in [9.17, 15) is 13.2 Å². The maximum Gasteiger partial charge on any atom is 0.421 e. The lowest BCUT2D eigenvalue weighted by Gasteiger charge is -2.22. The first-order valence-corrected chi connectivity index (χ1v) is 6.27. The van der Waals surface area contributed by atoms with Crippen molar-refractivity contribution in [1.82, 2.24) is 14.8 Å². The average molecular weight is 304 g/mol. The Hall–Kier alpha value is -1.99. The Labute approximate surface area is 122 Å². The molecule has 0 atom stereocenters. The number of aromatic nitrogens is 1. The molecular formula is C13H19F3N4O. The second kappa shape index (κ2) is 7.14. The van der Waals surface area contributed by atoms with E-state index in [0.717, 1.165) is 6.07 Å². The Kier molecular flexibility index (Phi) is 5.80. The molecule has 1 heterocycles. The molecule has 21 heavy (non-hydrogen) atoms. The number of nitrogens with zero attached hydrogens (tertiary/aromatic N) is 4. The second-order valence-electron chi connectivity index (χ2n) is 4.67. The second-order valence-corrected chi connectivity index (χ2v) is 4.67. The van der Waals surface area contributed by atoms with E-state index in [0.29, 0.717) is 5.96 Å². The van der Waals surface area contributed by atoms with E-state index in [2.05, 4.69) is 9.98 Å². The van der Waals surface area contributed by atoms with Gasteiger partial charge in [-0.25, -0.2) is 9.98 Å². The minimum absolute atomic E-state index is 0.0191. The highest BCUT2D eigenvalue weighted by Gasteiger charge is 2.34. The van der Waals surface area contributed by atoms with Crippen molar-refractivity contribution in [2.24, 2.45) is 4.99 Å². The van der Waals surface area contributed by atoms with Crippen LogP contribution in [0.4, 0.5) is 13.2 Å². The number of ether oxygens (including phenoxy) is 1. The predicted molar refractivity (Wildman–Crippen MR) is 74.4 cm³/mol. The van der Waals surface area contributed by atoms with Crippen LogP contribution in [-0.4, -0.2) is 62.1 Å². The summed E-state index contributed by atoms with van der Waals surface area (Å²) in [4.78, 5) is 11.5. The highest BCUT2D eigenvalue weighted by atomic mass is 19.4. The first-order chi connectivity index (χ1) is 9.73. The summed E-state index contributed by atoms with van der Waals surface area (Å²) in [7, 11) is 7.33. The van der Waals surface area contributed by atoms with Crippen molar-refractivity contribution < 1.29 is 17.9 Å². The third kappa shape index (κ3) is 5.13. The molecule has 0 aliphatic rings. The van der Waals surface area contributed by atoms with Crippen molar-refractivity contribution in [3.05, 3.63) is 23.9 Å². The van der Waals surface area contributed by atoms with Gasteiger partial charge < -0.3 is 14.5 Å². The zero-order valence-electron chi connectivity index (χ0n) is 12.5. The smallest absolute Gasteiger partial charge is 0.421 e. The van der Waals surface area contributed by atoms with Crippen molar-refractivity contribution in [3.8, 4) is 5.88 Å². The molecule has 0 spiro atoms. The number of hydrogen-bond donors (Lipinski definition) is 0. The maximum atomic E-state index is 12.7. The normalized spacial score (nSPS) is 11.0. The molecule has 0 aliphatic carbocycles. The lowest BCUT2D eigenvalue weighted by atomic mass is 10.2. The van der Waals surface area contributed by atoms with Gasteiger partial charge in [0.1, 0.15) is 12.2 Å². The SMILES string of the molecule is CN(C)C(=NCCOc1ncccc1C(F)(F)F)N(C)C. The van der Waals surface area contributed by atoms with Crippen LogP contribution in [0, 0.1) is 0 Å². The molecular weight excluding hydrogens is 285 g/mol. The van der Waals surface area contributed by atoms with Gasteiger partial charge in [0.25, 0.3) is 0 Å². The van der Waals surface area contributed by atoms with Crippen molar-refractivity contribution in [2.45, 2.75) is 6.18 Å². The molecule has 1 aromatic heterocycles. The molecule has 0 saturated heterocycles. The van der Waals surface area contributed by atoms with Crippen LogP contribution < -0.4 is 4.74 Å². The first-order valence-electron chi connectivity index (χ1n) is 6.27. The molecule has 0 aromatic carbocycles. The van der Waals surface area contributed by atoms with Crippen LogP contribution in [0.1, 0.15) is 5.56 Å². The van der Waals surface area contributed by atoms with Gasteiger partial charge in [-0.2, -0.15) is 13.2 Å². The minimum Gasteiger partial charge on any atom is -0.475 e.